The van der Waals surface area contributed by atoms with Crippen molar-refractivity contribution < 1.29 is 19.1 Å². The lowest BCUT2D eigenvalue weighted by Crippen LogP contribution is -2.36. The van der Waals surface area contributed by atoms with E-state index in [1.807, 2.05) is 67.6 Å². The lowest BCUT2D eigenvalue weighted by Gasteiger charge is -2.12. The van der Waals surface area contributed by atoms with E-state index in [0.717, 1.165) is 38.7 Å². The van der Waals surface area contributed by atoms with Crippen LogP contribution in [0.1, 0.15) is 16.7 Å². The molecule has 0 unspecified atom stereocenters. The van der Waals surface area contributed by atoms with Crippen molar-refractivity contribution in [2.45, 2.75) is 13.5 Å². The number of imide groups is 1. The Balaban J connectivity index is 1.20. The molecule has 37 heavy (non-hydrogen) atoms. The fourth-order valence-electron chi connectivity index (χ4n) is 4.01. The summed E-state index contributed by atoms with van der Waals surface area (Å²) in [6.45, 7) is 2.05. The number of aryl methyl sites for hydroxylation is 1. The molecule has 0 radical (unpaired) electrons. The van der Waals surface area contributed by atoms with E-state index in [1.165, 1.54) is 5.39 Å². The Labute approximate surface area is 218 Å². The molecule has 4 aromatic carbocycles. The number of ether oxygens (including phenoxy) is 1. The van der Waals surface area contributed by atoms with Crippen LogP contribution in [0.2, 0.25) is 0 Å². The van der Waals surface area contributed by atoms with Crippen LogP contribution < -0.4 is 10.1 Å². The number of carbonyl (C=O) groups excluding carboxylic acids is 3. The average molecular weight is 509 g/mol. The Morgan fingerprint density at radius 3 is 2.43 bits per heavy atom. The van der Waals surface area contributed by atoms with Gasteiger partial charge in [-0.3, -0.25) is 19.3 Å². The molecule has 0 aromatic heterocycles. The fourth-order valence-corrected chi connectivity index (χ4v) is 4.85. The third-order valence-electron chi connectivity index (χ3n) is 5.96. The van der Waals surface area contributed by atoms with Crippen LogP contribution in [0.15, 0.2) is 95.9 Å². The molecule has 1 heterocycles. The predicted molar refractivity (Wildman–Crippen MR) is 147 cm³/mol. The van der Waals surface area contributed by atoms with Crippen LogP contribution in [0.25, 0.3) is 16.8 Å². The monoisotopic (exact) mass is 508 g/mol. The number of amides is 3. The van der Waals surface area contributed by atoms with Crippen molar-refractivity contribution in [2.75, 3.05) is 11.9 Å². The SMILES string of the molecule is Cc1ccc(NC(=O)CN2C(=O)S/C(=C/c3ccc(OCc4cccc5ccccc45)cc3)C2=O)cc1. The molecule has 184 valence electrons. The number of nitrogens with zero attached hydrogens (tertiary/aromatic N) is 1. The van der Waals surface area contributed by atoms with Crippen molar-refractivity contribution in [3.05, 3.63) is 113 Å². The normalized spacial score (nSPS) is 14.4. The highest BCUT2D eigenvalue weighted by Crippen LogP contribution is 2.32. The summed E-state index contributed by atoms with van der Waals surface area (Å²) in [5.41, 5.74) is 3.54. The van der Waals surface area contributed by atoms with Gasteiger partial charge < -0.3 is 10.1 Å². The second kappa shape index (κ2) is 10.7. The summed E-state index contributed by atoms with van der Waals surface area (Å²) >= 11 is 0.827. The van der Waals surface area contributed by atoms with Gasteiger partial charge in [-0.25, -0.2) is 0 Å². The molecule has 1 aliphatic heterocycles. The van der Waals surface area contributed by atoms with Gasteiger partial charge in [0.25, 0.3) is 11.1 Å². The van der Waals surface area contributed by atoms with Gasteiger partial charge in [0.2, 0.25) is 5.91 Å². The van der Waals surface area contributed by atoms with Crippen LogP contribution in [0.5, 0.6) is 5.75 Å². The van der Waals surface area contributed by atoms with E-state index in [4.69, 9.17) is 4.74 Å². The molecular formula is C30H24N2O4S. The van der Waals surface area contributed by atoms with Gasteiger partial charge in [-0.1, -0.05) is 72.3 Å². The first-order chi connectivity index (χ1) is 18.0. The van der Waals surface area contributed by atoms with E-state index >= 15 is 0 Å². The van der Waals surface area contributed by atoms with Crippen LogP contribution in [0.4, 0.5) is 10.5 Å². The summed E-state index contributed by atoms with van der Waals surface area (Å²) in [5.74, 6) is -0.212. The summed E-state index contributed by atoms with van der Waals surface area (Å²) in [5, 5.41) is 4.57. The minimum atomic E-state index is -0.481. The number of benzene rings is 4. The average Bonchev–Trinajstić information content (AvgIpc) is 3.16. The molecule has 1 fully saturated rings. The first-order valence-electron chi connectivity index (χ1n) is 11.8. The zero-order chi connectivity index (χ0) is 25.8. The lowest BCUT2D eigenvalue weighted by molar-refractivity contribution is -0.127. The molecule has 1 aliphatic rings. The smallest absolute Gasteiger partial charge is 0.294 e. The number of rotatable bonds is 7. The van der Waals surface area contributed by atoms with Gasteiger partial charge in [-0.05, 0) is 70.9 Å². The van der Waals surface area contributed by atoms with Gasteiger partial charge >= 0.3 is 0 Å². The van der Waals surface area contributed by atoms with Crippen molar-refractivity contribution in [1.82, 2.24) is 4.90 Å². The quantitative estimate of drug-likeness (QED) is 0.292. The zero-order valence-electron chi connectivity index (χ0n) is 20.1. The third kappa shape index (κ3) is 5.73. The molecule has 3 amide bonds. The Morgan fingerprint density at radius 1 is 0.919 bits per heavy atom. The van der Waals surface area contributed by atoms with Crippen LogP contribution >= 0.6 is 11.8 Å². The molecule has 5 rings (SSSR count). The highest BCUT2D eigenvalue weighted by molar-refractivity contribution is 8.18. The number of anilines is 1. The summed E-state index contributed by atoms with van der Waals surface area (Å²) in [7, 11) is 0. The largest absolute Gasteiger partial charge is 0.489 e. The van der Waals surface area contributed by atoms with E-state index in [1.54, 1.807) is 18.2 Å². The van der Waals surface area contributed by atoms with Crippen LogP contribution in [-0.4, -0.2) is 28.5 Å². The second-order valence-electron chi connectivity index (χ2n) is 8.68. The topological polar surface area (TPSA) is 75.7 Å². The molecule has 1 saturated heterocycles. The Morgan fingerprint density at radius 2 is 1.65 bits per heavy atom. The molecule has 7 heteroatoms. The predicted octanol–water partition coefficient (Wildman–Crippen LogP) is 6.40. The number of thioether (sulfide) groups is 1. The molecular weight excluding hydrogens is 484 g/mol. The molecule has 4 aromatic rings. The number of fused-ring (bicyclic) bond motifs is 1. The molecule has 0 atom stereocenters. The second-order valence-corrected chi connectivity index (χ2v) is 9.67. The minimum Gasteiger partial charge on any atom is -0.489 e. The van der Waals surface area contributed by atoms with Crippen molar-refractivity contribution in [1.29, 1.82) is 0 Å². The van der Waals surface area contributed by atoms with Gasteiger partial charge in [-0.15, -0.1) is 0 Å². The van der Waals surface area contributed by atoms with Crippen molar-refractivity contribution >= 4 is 51.4 Å². The van der Waals surface area contributed by atoms with Crippen molar-refractivity contribution in [2.24, 2.45) is 0 Å². The number of nitrogens with one attached hydrogen (secondary N) is 1. The maximum atomic E-state index is 12.8. The summed E-state index contributed by atoms with van der Waals surface area (Å²) in [6, 6.07) is 28.9. The maximum Gasteiger partial charge on any atom is 0.294 e. The minimum absolute atomic E-state index is 0.276. The lowest BCUT2D eigenvalue weighted by atomic mass is 10.1. The fraction of sp³-hybridized carbons (Fsp3) is 0.100. The van der Waals surface area contributed by atoms with Crippen LogP contribution in [0.3, 0.4) is 0 Å². The first-order valence-corrected chi connectivity index (χ1v) is 12.6. The first kappa shape index (κ1) is 24.3. The van der Waals surface area contributed by atoms with Gasteiger partial charge in [0, 0.05) is 5.69 Å². The van der Waals surface area contributed by atoms with Crippen LogP contribution in [-0.2, 0) is 16.2 Å². The third-order valence-corrected chi connectivity index (χ3v) is 6.87. The van der Waals surface area contributed by atoms with Gasteiger partial charge in [0.1, 0.15) is 18.9 Å². The molecule has 0 bridgehead atoms. The summed E-state index contributed by atoms with van der Waals surface area (Å²) in [4.78, 5) is 38.8. The maximum absolute atomic E-state index is 12.8. The Kier molecular flexibility index (Phi) is 7.05. The van der Waals surface area contributed by atoms with Crippen molar-refractivity contribution in [3.8, 4) is 5.75 Å². The van der Waals surface area contributed by atoms with E-state index in [2.05, 4.69) is 23.5 Å². The highest BCUT2D eigenvalue weighted by atomic mass is 32.2. The Bertz CT molecular complexity index is 1510. The number of carbonyl (C=O) groups is 3. The van der Waals surface area contributed by atoms with E-state index in [9.17, 15) is 14.4 Å². The molecule has 1 N–H and O–H groups in total. The summed E-state index contributed by atoms with van der Waals surface area (Å²) in [6.07, 6.45) is 1.65. The number of hydrogen-bond donors (Lipinski definition) is 1. The molecule has 0 saturated carbocycles. The van der Waals surface area contributed by atoms with Gasteiger partial charge in [0.05, 0.1) is 4.91 Å². The van der Waals surface area contributed by atoms with E-state index < -0.39 is 17.1 Å². The van der Waals surface area contributed by atoms with E-state index in [-0.39, 0.29) is 11.4 Å². The molecule has 6 nitrogen and oxygen atoms in total. The van der Waals surface area contributed by atoms with Crippen molar-refractivity contribution in [3.63, 3.8) is 0 Å². The van der Waals surface area contributed by atoms with E-state index in [0.29, 0.717) is 18.0 Å². The van der Waals surface area contributed by atoms with Gasteiger partial charge in [-0.2, -0.15) is 0 Å². The molecule has 0 aliphatic carbocycles. The Hall–Kier alpha value is -4.36. The zero-order valence-corrected chi connectivity index (χ0v) is 21.0. The highest BCUT2D eigenvalue weighted by Gasteiger charge is 2.36. The standard InChI is InChI=1S/C30H24N2O4S/c1-20-9-13-24(14-10-20)31-28(33)18-32-29(34)27(37-30(32)35)17-21-11-15-25(16-12-21)36-19-23-7-4-6-22-5-2-3-8-26(22)23/h2-17H,18-19H2,1H3,(H,31,33)/b27-17+. The van der Waals surface area contributed by atoms with Crippen LogP contribution in [0, 0.1) is 6.92 Å². The number of hydrogen-bond acceptors (Lipinski definition) is 5. The molecule has 0 spiro atoms. The van der Waals surface area contributed by atoms with Gasteiger partial charge in [0.15, 0.2) is 0 Å². The summed E-state index contributed by atoms with van der Waals surface area (Å²) < 4.78 is 5.98.